The average molecular weight is 469 g/mol. The largest absolute Gasteiger partial charge is 0.481 e. The monoisotopic (exact) mass is 468 g/mol. The molecule has 2 N–H and O–H groups in total. The van der Waals surface area contributed by atoms with Crippen molar-refractivity contribution in [3.63, 3.8) is 0 Å². The number of nitrogens with zero attached hydrogens (tertiary/aromatic N) is 1. The molecule has 8 heteroatoms. The smallest absolute Gasteiger partial charge is 0.317 e. The van der Waals surface area contributed by atoms with Gasteiger partial charge in [-0.25, -0.2) is 4.99 Å². The topological polar surface area (TPSA) is 125 Å². The predicted molar refractivity (Wildman–Crippen MR) is 129 cm³/mol. The average Bonchev–Trinajstić information content (AvgIpc) is 2.65. The van der Waals surface area contributed by atoms with E-state index in [4.69, 9.17) is 15.2 Å². The third-order valence-corrected chi connectivity index (χ3v) is 6.36. The van der Waals surface area contributed by atoms with Crippen LogP contribution in [0.2, 0.25) is 0 Å². The number of carbonyl (C=O) groups excluding carboxylic acids is 4. The molecular weight excluding hydrogens is 424 g/mol. The first kappa shape index (κ1) is 30.8. The van der Waals surface area contributed by atoms with Gasteiger partial charge in [-0.2, -0.15) is 0 Å². The normalized spacial score (nSPS) is 23.6. The number of primary amides is 1. The maximum absolute atomic E-state index is 13.2. The van der Waals surface area contributed by atoms with Gasteiger partial charge in [0.25, 0.3) is 0 Å². The molecule has 0 aromatic carbocycles. The third-order valence-electron chi connectivity index (χ3n) is 6.36. The summed E-state index contributed by atoms with van der Waals surface area (Å²) in [6.07, 6.45) is 2.56. The fourth-order valence-electron chi connectivity index (χ4n) is 4.72. The lowest BCUT2D eigenvalue weighted by atomic mass is 9.75. The molecule has 1 rings (SSSR count). The van der Waals surface area contributed by atoms with Crippen LogP contribution in [0.4, 0.5) is 0 Å². The molecule has 1 saturated carbocycles. The van der Waals surface area contributed by atoms with Crippen molar-refractivity contribution in [3.8, 4) is 0 Å². The first-order valence-corrected chi connectivity index (χ1v) is 11.6. The van der Waals surface area contributed by atoms with Crippen LogP contribution in [0.5, 0.6) is 0 Å². The van der Waals surface area contributed by atoms with Crippen molar-refractivity contribution >= 4 is 29.3 Å². The van der Waals surface area contributed by atoms with E-state index in [2.05, 4.69) is 25.8 Å². The van der Waals surface area contributed by atoms with Crippen LogP contribution in [-0.4, -0.2) is 48.6 Å². The Labute approximate surface area is 199 Å². The van der Waals surface area contributed by atoms with Gasteiger partial charge in [0.2, 0.25) is 5.91 Å². The van der Waals surface area contributed by atoms with Crippen LogP contribution in [-0.2, 0) is 28.7 Å². The van der Waals surface area contributed by atoms with Gasteiger partial charge in [-0.05, 0) is 57.3 Å². The zero-order valence-corrected chi connectivity index (χ0v) is 20.6. The van der Waals surface area contributed by atoms with Crippen molar-refractivity contribution in [3.05, 3.63) is 0 Å². The highest BCUT2D eigenvalue weighted by Crippen LogP contribution is 2.36. The Balaban J connectivity index is 0.0000102. The van der Waals surface area contributed by atoms with E-state index in [0.717, 1.165) is 19.3 Å². The number of ketones is 2. The third kappa shape index (κ3) is 8.89. The summed E-state index contributed by atoms with van der Waals surface area (Å²) in [5, 5.41) is 0. The van der Waals surface area contributed by atoms with Crippen molar-refractivity contribution in [2.75, 3.05) is 13.2 Å². The highest BCUT2D eigenvalue weighted by atomic mass is 16.5. The molecule has 6 atom stereocenters. The number of aliphatic imine (C=N–C) groups is 1. The van der Waals surface area contributed by atoms with E-state index in [1.54, 1.807) is 13.8 Å². The molecule has 1 fully saturated rings. The van der Waals surface area contributed by atoms with Crippen molar-refractivity contribution in [2.24, 2.45) is 46.2 Å². The molecule has 0 heterocycles. The van der Waals surface area contributed by atoms with Gasteiger partial charge in [0.05, 0.1) is 12.5 Å². The Morgan fingerprint density at radius 2 is 1.61 bits per heavy atom. The second kappa shape index (κ2) is 14.1. The van der Waals surface area contributed by atoms with Gasteiger partial charge in [-0.1, -0.05) is 41.5 Å². The summed E-state index contributed by atoms with van der Waals surface area (Å²) in [7, 11) is 0. The minimum Gasteiger partial charge on any atom is -0.481 e. The second-order valence-corrected chi connectivity index (χ2v) is 9.39. The van der Waals surface area contributed by atoms with Crippen LogP contribution in [0.3, 0.4) is 0 Å². The van der Waals surface area contributed by atoms with Gasteiger partial charge >= 0.3 is 5.97 Å². The van der Waals surface area contributed by atoms with E-state index in [-0.39, 0.29) is 50.1 Å². The van der Waals surface area contributed by atoms with Crippen LogP contribution in [0, 0.1) is 35.5 Å². The van der Waals surface area contributed by atoms with E-state index >= 15 is 0 Å². The fourth-order valence-corrected chi connectivity index (χ4v) is 4.72. The molecule has 0 radical (unpaired) electrons. The molecule has 0 aliphatic heterocycles. The summed E-state index contributed by atoms with van der Waals surface area (Å²) < 4.78 is 11.4. The molecule has 0 aromatic heterocycles. The van der Waals surface area contributed by atoms with E-state index in [1.165, 1.54) is 13.8 Å². The van der Waals surface area contributed by atoms with E-state index < -0.39 is 29.6 Å². The minimum absolute atomic E-state index is 0. The maximum Gasteiger partial charge on any atom is 0.317 e. The molecular formula is C25H44N2O6. The number of hydrogen-bond acceptors (Lipinski definition) is 7. The van der Waals surface area contributed by atoms with Crippen molar-refractivity contribution in [1.29, 1.82) is 0 Å². The SMILES string of the molecule is C.CCOC(=NCC(N)=O)C(C(C)=O)C(C)C(C(C)=O)C(=O)OC1CC(C)CCC1C(C)C. The van der Waals surface area contributed by atoms with Crippen LogP contribution < -0.4 is 5.73 Å². The van der Waals surface area contributed by atoms with Crippen molar-refractivity contribution in [1.82, 2.24) is 0 Å². The molecule has 6 unspecified atom stereocenters. The quantitative estimate of drug-likeness (QED) is 0.214. The van der Waals surface area contributed by atoms with E-state index in [0.29, 0.717) is 11.8 Å². The Morgan fingerprint density at radius 1 is 1.03 bits per heavy atom. The highest BCUT2D eigenvalue weighted by molar-refractivity contribution is 6.04. The number of rotatable bonds is 11. The number of esters is 1. The predicted octanol–water partition coefficient (Wildman–Crippen LogP) is 3.59. The zero-order valence-electron chi connectivity index (χ0n) is 20.6. The van der Waals surface area contributed by atoms with Gasteiger partial charge in [-0.3, -0.25) is 19.2 Å². The molecule has 33 heavy (non-hydrogen) atoms. The zero-order chi connectivity index (χ0) is 24.6. The summed E-state index contributed by atoms with van der Waals surface area (Å²) in [5.41, 5.74) is 5.18. The van der Waals surface area contributed by atoms with E-state index in [1.807, 2.05) is 0 Å². The van der Waals surface area contributed by atoms with Gasteiger partial charge in [0.15, 0.2) is 5.90 Å². The Bertz CT molecular complexity index is 718. The minimum atomic E-state index is -1.15. The lowest BCUT2D eigenvalue weighted by molar-refractivity contribution is -0.165. The molecule has 0 saturated heterocycles. The number of hydrogen-bond donors (Lipinski definition) is 1. The molecule has 1 aliphatic rings. The van der Waals surface area contributed by atoms with Crippen LogP contribution in [0.25, 0.3) is 0 Å². The fraction of sp³-hybridized carbons (Fsp3) is 0.800. The van der Waals surface area contributed by atoms with E-state index in [9.17, 15) is 19.2 Å². The highest BCUT2D eigenvalue weighted by Gasteiger charge is 2.43. The van der Waals surface area contributed by atoms with Gasteiger partial charge in [0.1, 0.15) is 30.1 Å². The standard InChI is InChI=1S/C24H40N2O6.CH4/c1-8-31-23(26-12-20(25)29)21(16(6)27)15(5)22(17(7)28)24(30)32-19-11-14(4)9-10-18(19)13(2)3;/h13-15,18-19,21-22H,8-12H2,1-7H3,(H2,25,29);1H4. The summed E-state index contributed by atoms with van der Waals surface area (Å²) >= 11 is 0. The Morgan fingerprint density at radius 3 is 2.06 bits per heavy atom. The van der Waals surface area contributed by atoms with Crippen LogP contribution >= 0.6 is 0 Å². The lowest BCUT2D eigenvalue weighted by Gasteiger charge is -2.38. The summed E-state index contributed by atoms with van der Waals surface area (Å²) in [6.45, 7) is 12.2. The molecule has 0 aromatic rings. The van der Waals surface area contributed by atoms with Crippen LogP contribution in [0.15, 0.2) is 4.99 Å². The first-order valence-electron chi connectivity index (χ1n) is 11.6. The summed E-state index contributed by atoms with van der Waals surface area (Å²) in [6, 6.07) is 0. The lowest BCUT2D eigenvalue weighted by Crippen LogP contribution is -2.43. The summed E-state index contributed by atoms with van der Waals surface area (Å²) in [5.74, 6) is -3.84. The number of Topliss-reactive ketones (excluding diaryl/α,β-unsaturated/α-hetero) is 2. The number of ether oxygens (including phenoxy) is 2. The molecule has 8 nitrogen and oxygen atoms in total. The molecule has 1 amide bonds. The second-order valence-electron chi connectivity index (χ2n) is 9.39. The summed E-state index contributed by atoms with van der Waals surface area (Å²) in [4.78, 5) is 53.6. The van der Waals surface area contributed by atoms with Crippen molar-refractivity contribution in [2.45, 2.75) is 81.3 Å². The molecule has 190 valence electrons. The van der Waals surface area contributed by atoms with Crippen molar-refractivity contribution < 1.29 is 28.7 Å². The molecule has 1 aliphatic carbocycles. The molecule has 0 spiro atoms. The maximum atomic E-state index is 13.2. The van der Waals surface area contributed by atoms with Gasteiger partial charge in [-0.15, -0.1) is 0 Å². The molecule has 0 bridgehead atoms. The Hall–Kier alpha value is -2.25. The van der Waals surface area contributed by atoms with Gasteiger partial charge in [0, 0.05) is 0 Å². The number of amides is 1. The number of carbonyl (C=O) groups is 4. The van der Waals surface area contributed by atoms with Gasteiger partial charge < -0.3 is 15.2 Å². The first-order chi connectivity index (χ1) is 14.9. The Kier molecular flexibility index (Phi) is 13.1. The van der Waals surface area contributed by atoms with Crippen LogP contribution in [0.1, 0.15) is 75.2 Å². The number of nitrogens with two attached hydrogens (primary N) is 1.